The van der Waals surface area contributed by atoms with Crippen molar-refractivity contribution in [2.75, 3.05) is 5.32 Å². The van der Waals surface area contributed by atoms with E-state index >= 15 is 0 Å². The normalized spacial score (nSPS) is 31.8. The Labute approximate surface area is 177 Å². The Hall–Kier alpha value is -2.57. The number of hydrogen-bond acceptors (Lipinski definition) is 4. The van der Waals surface area contributed by atoms with E-state index in [-0.39, 0.29) is 29.0 Å². The van der Waals surface area contributed by atoms with Crippen LogP contribution in [0.5, 0.6) is 0 Å². The van der Waals surface area contributed by atoms with Crippen molar-refractivity contribution in [3.63, 3.8) is 0 Å². The molecule has 4 saturated carbocycles. The second kappa shape index (κ2) is 7.29. The molecule has 0 spiro atoms. The third-order valence-electron chi connectivity index (χ3n) is 7.15. The van der Waals surface area contributed by atoms with E-state index in [0.717, 1.165) is 32.1 Å². The molecular weight excluding hydrogens is 382 g/mol. The van der Waals surface area contributed by atoms with E-state index in [2.05, 4.69) is 16.0 Å². The monoisotopic (exact) mass is 413 g/mol. The lowest BCUT2D eigenvalue weighted by Crippen LogP contribution is -2.67. The summed E-state index contributed by atoms with van der Waals surface area (Å²) in [6, 6.07) is 6.63. The molecule has 5 atom stereocenters. The van der Waals surface area contributed by atoms with Crippen molar-refractivity contribution >= 4 is 23.5 Å². The standard InChI is InChI=1S/C23H31N3O4/c1-13(27)25-23-10-14-7-16(11-23)19(17(8-14)12-23)24-21(30)22(2,3)26-18-6-4-5-15(9-18)20(28)29/h4-6,9,14,16-17,19,26H,7-8,10-12H2,1-3H3,(H,24,30)(H,25,27)(H,28,29)/t14?,16-,17+,19?,23?. The third kappa shape index (κ3) is 3.89. The van der Waals surface area contributed by atoms with Crippen molar-refractivity contribution in [3.8, 4) is 0 Å². The van der Waals surface area contributed by atoms with E-state index < -0.39 is 11.5 Å². The number of amides is 2. The molecule has 7 heteroatoms. The molecule has 0 radical (unpaired) electrons. The molecule has 5 rings (SSSR count). The molecule has 0 saturated heterocycles. The molecule has 4 fully saturated rings. The molecule has 4 N–H and O–H groups in total. The van der Waals surface area contributed by atoms with Crippen LogP contribution in [-0.4, -0.2) is 40.0 Å². The molecule has 7 nitrogen and oxygen atoms in total. The number of rotatable bonds is 6. The van der Waals surface area contributed by atoms with Gasteiger partial charge in [-0.25, -0.2) is 4.79 Å². The largest absolute Gasteiger partial charge is 0.478 e. The first-order valence-electron chi connectivity index (χ1n) is 10.8. The first kappa shape index (κ1) is 20.7. The molecule has 1 aromatic rings. The number of carboxylic acids is 1. The van der Waals surface area contributed by atoms with Crippen molar-refractivity contribution in [3.05, 3.63) is 29.8 Å². The van der Waals surface area contributed by atoms with Gasteiger partial charge in [-0.1, -0.05) is 6.07 Å². The summed E-state index contributed by atoms with van der Waals surface area (Å²) in [5.41, 5.74) is -0.194. The van der Waals surface area contributed by atoms with E-state index in [9.17, 15) is 19.5 Å². The van der Waals surface area contributed by atoms with Gasteiger partial charge < -0.3 is 21.1 Å². The van der Waals surface area contributed by atoms with E-state index in [0.29, 0.717) is 23.4 Å². The highest BCUT2D eigenvalue weighted by Crippen LogP contribution is 2.55. The fourth-order valence-corrected chi connectivity index (χ4v) is 6.27. The van der Waals surface area contributed by atoms with Gasteiger partial charge in [-0.3, -0.25) is 9.59 Å². The summed E-state index contributed by atoms with van der Waals surface area (Å²) in [5, 5.41) is 18.9. The quantitative estimate of drug-likeness (QED) is 0.574. The molecule has 3 unspecified atom stereocenters. The van der Waals surface area contributed by atoms with Crippen molar-refractivity contribution in [1.82, 2.24) is 10.6 Å². The number of carboxylic acid groups (broad SMARTS) is 1. The molecule has 4 aliphatic rings. The number of hydrogen-bond donors (Lipinski definition) is 4. The summed E-state index contributed by atoms with van der Waals surface area (Å²) in [6.45, 7) is 5.21. The number of benzene rings is 1. The lowest BCUT2D eigenvalue weighted by molar-refractivity contribution is -0.132. The van der Waals surface area contributed by atoms with Gasteiger partial charge in [-0.05, 0) is 81.9 Å². The Morgan fingerprint density at radius 1 is 1.10 bits per heavy atom. The molecule has 162 valence electrons. The summed E-state index contributed by atoms with van der Waals surface area (Å²) in [5.74, 6) is 0.354. The average Bonchev–Trinajstić information content (AvgIpc) is 2.62. The molecular formula is C23H31N3O4. The number of anilines is 1. The smallest absolute Gasteiger partial charge is 0.335 e. The maximum Gasteiger partial charge on any atom is 0.335 e. The van der Waals surface area contributed by atoms with Crippen molar-refractivity contribution in [1.29, 1.82) is 0 Å². The van der Waals surface area contributed by atoms with Crippen LogP contribution in [0.1, 0.15) is 63.2 Å². The Morgan fingerprint density at radius 2 is 1.77 bits per heavy atom. The lowest BCUT2D eigenvalue weighted by atomic mass is 9.51. The number of nitrogens with one attached hydrogen (secondary N) is 3. The number of carbonyl (C=O) groups is 3. The van der Waals surface area contributed by atoms with Crippen molar-refractivity contribution in [2.45, 2.75) is 70.0 Å². The summed E-state index contributed by atoms with van der Waals surface area (Å²) in [4.78, 5) is 36.1. The fraction of sp³-hybridized carbons (Fsp3) is 0.609. The van der Waals surface area contributed by atoms with Crippen LogP contribution in [0.3, 0.4) is 0 Å². The van der Waals surface area contributed by atoms with Gasteiger partial charge in [0, 0.05) is 24.2 Å². The summed E-state index contributed by atoms with van der Waals surface area (Å²) in [7, 11) is 0. The zero-order chi connectivity index (χ0) is 21.7. The Balaban J connectivity index is 1.44. The average molecular weight is 414 g/mol. The summed E-state index contributed by atoms with van der Waals surface area (Å²) in [6.07, 6.45) is 5.14. The van der Waals surface area contributed by atoms with E-state index in [4.69, 9.17) is 0 Å². The third-order valence-corrected chi connectivity index (χ3v) is 7.15. The first-order chi connectivity index (χ1) is 14.1. The number of aromatic carboxylic acids is 1. The molecule has 2 amide bonds. The Morgan fingerprint density at radius 3 is 2.37 bits per heavy atom. The van der Waals surface area contributed by atoms with Gasteiger partial charge in [0.15, 0.2) is 0 Å². The molecule has 0 aliphatic heterocycles. The van der Waals surface area contributed by atoms with Gasteiger partial charge in [0.05, 0.1) is 5.56 Å². The maximum atomic E-state index is 13.2. The molecule has 4 bridgehead atoms. The van der Waals surface area contributed by atoms with Crippen LogP contribution < -0.4 is 16.0 Å². The van der Waals surface area contributed by atoms with E-state index in [1.165, 1.54) is 12.1 Å². The molecule has 0 aromatic heterocycles. The predicted octanol–water partition coefficient (Wildman–Crippen LogP) is 2.77. The topological polar surface area (TPSA) is 108 Å². The molecule has 1 aromatic carbocycles. The number of carbonyl (C=O) groups excluding carboxylic acids is 2. The minimum atomic E-state index is -0.998. The second-order valence-electron chi connectivity index (χ2n) is 10.1. The molecule has 30 heavy (non-hydrogen) atoms. The zero-order valence-electron chi connectivity index (χ0n) is 17.8. The minimum Gasteiger partial charge on any atom is -0.478 e. The van der Waals surface area contributed by atoms with Crippen LogP contribution >= 0.6 is 0 Å². The SMILES string of the molecule is CC(=O)NC12CC3C[C@H](C1)C(NC(=O)C(C)(C)Nc1cccc(C(=O)O)c1)[C@@H](C3)C2. The Bertz CT molecular complexity index is 865. The highest BCUT2D eigenvalue weighted by Gasteiger charge is 2.56. The Kier molecular flexibility index (Phi) is 5.03. The summed E-state index contributed by atoms with van der Waals surface area (Å²) >= 11 is 0. The van der Waals surface area contributed by atoms with Crippen LogP contribution in [0.25, 0.3) is 0 Å². The van der Waals surface area contributed by atoms with Gasteiger partial charge >= 0.3 is 5.97 Å². The van der Waals surface area contributed by atoms with Gasteiger partial charge in [0.25, 0.3) is 0 Å². The second-order valence-corrected chi connectivity index (χ2v) is 10.1. The lowest BCUT2D eigenvalue weighted by Gasteiger charge is -2.60. The molecule has 4 aliphatic carbocycles. The van der Waals surface area contributed by atoms with Gasteiger partial charge in [-0.2, -0.15) is 0 Å². The van der Waals surface area contributed by atoms with Gasteiger partial charge in [-0.15, -0.1) is 0 Å². The van der Waals surface area contributed by atoms with Gasteiger partial charge in [0.1, 0.15) is 5.54 Å². The van der Waals surface area contributed by atoms with E-state index in [1.807, 2.05) is 13.8 Å². The van der Waals surface area contributed by atoms with Crippen LogP contribution in [0.2, 0.25) is 0 Å². The fourth-order valence-electron chi connectivity index (χ4n) is 6.27. The first-order valence-corrected chi connectivity index (χ1v) is 10.8. The highest BCUT2D eigenvalue weighted by atomic mass is 16.4. The van der Waals surface area contributed by atoms with Crippen LogP contribution in [0, 0.1) is 17.8 Å². The van der Waals surface area contributed by atoms with Crippen molar-refractivity contribution in [2.24, 2.45) is 17.8 Å². The van der Waals surface area contributed by atoms with Crippen molar-refractivity contribution < 1.29 is 19.5 Å². The van der Waals surface area contributed by atoms with Crippen LogP contribution in [0.4, 0.5) is 5.69 Å². The predicted molar refractivity (Wildman–Crippen MR) is 113 cm³/mol. The maximum absolute atomic E-state index is 13.2. The minimum absolute atomic E-state index is 0.0338. The van der Waals surface area contributed by atoms with Gasteiger partial charge in [0.2, 0.25) is 11.8 Å². The molecule has 0 heterocycles. The van der Waals surface area contributed by atoms with E-state index in [1.54, 1.807) is 19.1 Å². The van der Waals surface area contributed by atoms with Crippen LogP contribution in [0.15, 0.2) is 24.3 Å². The summed E-state index contributed by atoms with van der Waals surface area (Å²) < 4.78 is 0. The van der Waals surface area contributed by atoms with Crippen LogP contribution in [-0.2, 0) is 9.59 Å². The zero-order valence-corrected chi connectivity index (χ0v) is 17.8. The highest BCUT2D eigenvalue weighted by molar-refractivity contribution is 5.91.